The number of aromatic nitrogens is 2. The van der Waals surface area contributed by atoms with Gasteiger partial charge >= 0.3 is 24.8 Å². The first-order chi connectivity index (χ1) is 10.5. The molecule has 10 heteroatoms. The number of nitrogens with two attached hydrogens (primary N) is 2. The van der Waals surface area contributed by atoms with Crippen LogP contribution in [0.15, 0.2) is 39.4 Å². The number of nitrogen functional groups attached to an aromatic ring is 2. The van der Waals surface area contributed by atoms with Crippen molar-refractivity contribution in [2.45, 2.75) is 0 Å². The summed E-state index contributed by atoms with van der Waals surface area (Å²) < 4.78 is 3.36. The van der Waals surface area contributed by atoms with Gasteiger partial charge in [-0.3, -0.25) is 0 Å². The monoisotopic (exact) mass is 374 g/mol. The normalized spacial score (nSPS) is 7.95. The molecule has 2 rings (SSSR count). The molecule has 0 aliphatic carbocycles. The zero-order valence-electron chi connectivity index (χ0n) is 11.2. The van der Waals surface area contributed by atoms with Crippen molar-refractivity contribution in [3.8, 4) is 12.1 Å². The molecule has 2 aromatic heterocycles. The van der Waals surface area contributed by atoms with Gasteiger partial charge in [0.2, 0.25) is 0 Å². The van der Waals surface area contributed by atoms with Crippen LogP contribution in [0.3, 0.4) is 0 Å². The Hall–Kier alpha value is -2.43. The summed E-state index contributed by atoms with van der Waals surface area (Å²) in [6, 6.07) is 8.57. The Morgan fingerprint density at radius 2 is 1.77 bits per heavy atom. The van der Waals surface area contributed by atoms with E-state index < -0.39 is 0 Å². The molecule has 0 aliphatic heterocycles. The van der Waals surface area contributed by atoms with Gasteiger partial charge in [-0.1, -0.05) is 0 Å². The average molecular weight is 375 g/mol. The van der Waals surface area contributed by atoms with Crippen LogP contribution in [0.5, 0.6) is 0 Å². The number of rotatable bonds is 0. The molecule has 0 saturated carbocycles. The Labute approximate surface area is 142 Å². The van der Waals surface area contributed by atoms with Gasteiger partial charge in [-0.05, 0) is 34.1 Å². The van der Waals surface area contributed by atoms with E-state index in [1.165, 1.54) is 24.5 Å². The molecule has 22 heavy (non-hydrogen) atoms. The quantitative estimate of drug-likeness (QED) is 0.476. The van der Waals surface area contributed by atoms with Crippen LogP contribution >= 0.6 is 28.7 Å². The van der Waals surface area contributed by atoms with Gasteiger partial charge in [0.1, 0.15) is 17.7 Å². The van der Waals surface area contributed by atoms with Crippen LogP contribution in [0.25, 0.3) is 0 Å². The third-order valence-electron chi connectivity index (χ3n) is 1.91. The SMILES string of the molecule is N#Cc1cc(N)ncc1Br.N#Cc1ccnc(N)c1.[B]=NS. The molecule has 0 aromatic carbocycles. The summed E-state index contributed by atoms with van der Waals surface area (Å²) in [5, 5.41) is 16.8. The third kappa shape index (κ3) is 7.99. The second-order valence-corrected chi connectivity index (χ2v) is 4.48. The molecule has 0 unspecified atom stereocenters. The van der Waals surface area contributed by atoms with Crippen molar-refractivity contribution >= 4 is 48.0 Å². The summed E-state index contributed by atoms with van der Waals surface area (Å²) in [6.07, 6.45) is 3.02. The summed E-state index contributed by atoms with van der Waals surface area (Å²) in [4.78, 5) is 7.48. The maximum atomic E-state index is 8.48. The van der Waals surface area contributed by atoms with Gasteiger partial charge in [-0.25, -0.2) is 9.97 Å². The van der Waals surface area contributed by atoms with E-state index in [1.54, 1.807) is 6.07 Å². The standard InChI is InChI=1S/C6H4BrN3.C6H5N3.BHNS/c7-5-3-10-6(9)1-4(5)2-8;7-4-5-1-2-9-6(8)3-5;1-2-3/h1,3H,(H2,9,10);1-3H,(H2,8,9);3H. The fraction of sp³-hybridized carbons (Fsp3) is 0. The number of thiol groups is 1. The molecule has 109 valence electrons. The van der Waals surface area contributed by atoms with E-state index in [2.05, 4.69) is 50.7 Å². The molecule has 1 radical (unpaired) electrons. The molecule has 0 bridgehead atoms. The van der Waals surface area contributed by atoms with Crippen LogP contribution < -0.4 is 11.5 Å². The molecule has 0 aliphatic rings. The number of pyridine rings is 2. The second kappa shape index (κ2) is 11.3. The van der Waals surface area contributed by atoms with Gasteiger partial charge in [-0.15, -0.1) is 0 Å². The Balaban J connectivity index is 0.000000342. The summed E-state index contributed by atoms with van der Waals surface area (Å²) in [6.45, 7) is 0. The van der Waals surface area contributed by atoms with Crippen molar-refractivity contribution in [3.05, 3.63) is 46.2 Å². The van der Waals surface area contributed by atoms with Crippen LogP contribution in [-0.4, -0.2) is 17.6 Å². The van der Waals surface area contributed by atoms with Gasteiger partial charge in [0, 0.05) is 12.4 Å². The Bertz CT molecular complexity index is 711. The van der Waals surface area contributed by atoms with Crippen molar-refractivity contribution < 1.29 is 0 Å². The van der Waals surface area contributed by atoms with E-state index in [0.717, 1.165) is 0 Å². The first-order valence-electron chi connectivity index (χ1n) is 5.45. The van der Waals surface area contributed by atoms with Crippen molar-refractivity contribution in [1.29, 1.82) is 10.5 Å². The van der Waals surface area contributed by atoms with Gasteiger partial charge < -0.3 is 11.5 Å². The van der Waals surface area contributed by atoms with Gasteiger partial charge in [0.15, 0.2) is 0 Å². The number of hydrogen-bond donors (Lipinski definition) is 3. The third-order valence-corrected chi connectivity index (χ3v) is 2.54. The van der Waals surface area contributed by atoms with E-state index in [1.807, 2.05) is 12.1 Å². The molecule has 2 heterocycles. The van der Waals surface area contributed by atoms with Gasteiger partial charge in [0.25, 0.3) is 0 Å². The molecule has 0 atom stereocenters. The van der Waals surface area contributed by atoms with E-state index in [4.69, 9.17) is 22.0 Å². The molecule has 0 amide bonds. The van der Waals surface area contributed by atoms with E-state index in [-0.39, 0.29) is 0 Å². The Morgan fingerprint density at radius 1 is 1.18 bits per heavy atom. The van der Waals surface area contributed by atoms with Crippen molar-refractivity contribution in [2.24, 2.45) is 4.30 Å². The van der Waals surface area contributed by atoms with Crippen LogP contribution in [0.2, 0.25) is 0 Å². The topological polar surface area (TPSA) is 138 Å². The zero-order valence-corrected chi connectivity index (χ0v) is 13.7. The van der Waals surface area contributed by atoms with E-state index in [9.17, 15) is 0 Å². The number of anilines is 2. The van der Waals surface area contributed by atoms with Crippen LogP contribution in [0.4, 0.5) is 11.6 Å². The first kappa shape index (κ1) is 19.6. The molecule has 4 N–H and O–H groups in total. The van der Waals surface area contributed by atoms with E-state index >= 15 is 0 Å². The summed E-state index contributed by atoms with van der Waals surface area (Å²) in [5.41, 5.74) is 11.6. The van der Waals surface area contributed by atoms with Crippen LogP contribution in [-0.2, 0) is 0 Å². The molecule has 2 aromatic rings. The fourth-order valence-electron chi connectivity index (χ4n) is 1.06. The van der Waals surface area contributed by atoms with Crippen molar-refractivity contribution in [2.75, 3.05) is 11.5 Å². The molecular weight excluding hydrogens is 365 g/mol. The number of nitrogens with zero attached hydrogens (tertiary/aromatic N) is 5. The molecule has 0 fully saturated rings. The molecule has 7 nitrogen and oxygen atoms in total. The Morgan fingerprint density at radius 3 is 2.18 bits per heavy atom. The fourth-order valence-corrected chi connectivity index (χ4v) is 1.36. The van der Waals surface area contributed by atoms with Gasteiger partial charge in [-0.2, -0.15) is 10.5 Å². The molecular formula is C12H10BBrN7S. The first-order valence-corrected chi connectivity index (χ1v) is 6.64. The minimum absolute atomic E-state index is 0.361. The van der Waals surface area contributed by atoms with E-state index in [0.29, 0.717) is 27.2 Å². The maximum absolute atomic E-state index is 8.48. The molecule has 0 saturated heterocycles. The van der Waals surface area contributed by atoms with Crippen molar-refractivity contribution in [1.82, 2.24) is 9.97 Å². The number of nitriles is 2. The summed E-state index contributed by atoms with van der Waals surface area (Å²) in [5.74, 6) is 0.744. The summed E-state index contributed by atoms with van der Waals surface area (Å²) >= 11 is 6.34. The number of hydrogen-bond acceptors (Lipinski definition) is 8. The predicted octanol–water partition coefficient (Wildman–Crippen LogP) is 2.02. The zero-order chi connectivity index (χ0) is 17.0. The van der Waals surface area contributed by atoms with Crippen LogP contribution in [0.1, 0.15) is 11.1 Å². The van der Waals surface area contributed by atoms with Crippen molar-refractivity contribution in [3.63, 3.8) is 0 Å². The van der Waals surface area contributed by atoms with Crippen LogP contribution in [0, 0.1) is 22.7 Å². The summed E-state index contributed by atoms with van der Waals surface area (Å²) in [7, 11) is 4.34. The van der Waals surface area contributed by atoms with Gasteiger partial charge in [0.05, 0.1) is 21.7 Å². The Kier molecular flexibility index (Phi) is 10.0. The second-order valence-electron chi connectivity index (χ2n) is 3.40. The molecule has 0 spiro atoms. The average Bonchev–Trinajstić information content (AvgIpc) is 2.51. The minimum atomic E-state index is 0.361. The predicted molar refractivity (Wildman–Crippen MR) is 91.6 cm³/mol. The number of halogens is 1.